The van der Waals surface area contributed by atoms with Crippen LogP contribution >= 0.6 is 11.6 Å². The van der Waals surface area contributed by atoms with Crippen molar-refractivity contribution in [3.05, 3.63) is 59.3 Å². The predicted molar refractivity (Wildman–Crippen MR) is 109 cm³/mol. The number of benzene rings is 1. The van der Waals surface area contributed by atoms with Gasteiger partial charge in [-0.15, -0.1) is 0 Å². The molecular weight excluding hydrogens is 413 g/mol. The molecule has 0 bridgehead atoms. The fraction of sp³-hybridized carbons (Fsp3) is 0.263. The molecule has 4 rings (SSSR count). The molecule has 2 aromatic heterocycles. The first-order valence-electron chi connectivity index (χ1n) is 9.30. The van der Waals surface area contributed by atoms with Crippen molar-refractivity contribution in [2.45, 2.75) is 24.9 Å². The number of urea groups is 1. The largest absolute Gasteiger partial charge is 0.394 e. The van der Waals surface area contributed by atoms with Crippen LogP contribution in [0.1, 0.15) is 24.4 Å². The van der Waals surface area contributed by atoms with Crippen LogP contribution in [-0.4, -0.2) is 43.5 Å². The molecular formula is C19H19ClFN7O2. The summed E-state index contributed by atoms with van der Waals surface area (Å²) in [5, 5.41) is 22.5. The fourth-order valence-electron chi connectivity index (χ4n) is 2.78. The lowest BCUT2D eigenvalue weighted by Crippen LogP contribution is -2.34. The summed E-state index contributed by atoms with van der Waals surface area (Å²) in [5.41, 5.74) is 0.986. The monoisotopic (exact) mass is 431 g/mol. The highest BCUT2D eigenvalue weighted by Crippen LogP contribution is 2.24. The molecule has 1 aliphatic carbocycles. The van der Waals surface area contributed by atoms with Gasteiger partial charge in [0.1, 0.15) is 0 Å². The van der Waals surface area contributed by atoms with E-state index in [9.17, 15) is 14.3 Å². The molecule has 0 radical (unpaired) electrons. The molecule has 156 valence electrons. The Labute approximate surface area is 176 Å². The molecule has 0 spiro atoms. The fourth-order valence-corrected chi connectivity index (χ4v) is 2.98. The van der Waals surface area contributed by atoms with Gasteiger partial charge in [-0.05, 0) is 30.5 Å². The Hall–Kier alpha value is -3.24. The van der Waals surface area contributed by atoms with E-state index in [4.69, 9.17) is 11.6 Å². The van der Waals surface area contributed by atoms with Crippen LogP contribution in [0.15, 0.2) is 42.9 Å². The minimum Gasteiger partial charge on any atom is -0.394 e. The Morgan fingerprint density at radius 3 is 2.93 bits per heavy atom. The van der Waals surface area contributed by atoms with Crippen LogP contribution in [0.4, 0.5) is 20.8 Å². The third-order valence-electron chi connectivity index (χ3n) is 4.43. The molecule has 1 unspecified atom stereocenters. The molecule has 0 saturated heterocycles. The van der Waals surface area contributed by atoms with Gasteiger partial charge in [-0.25, -0.2) is 18.9 Å². The SMILES string of the molecule is O=C(Nc1cnn(-c2nc(NC3CC3)ncc2F)c1)NC(CO)c1cccc(Cl)c1. The molecule has 1 aromatic carbocycles. The topological polar surface area (TPSA) is 117 Å². The number of hydrogen-bond donors (Lipinski definition) is 4. The minimum atomic E-state index is -0.644. The average molecular weight is 432 g/mol. The third kappa shape index (κ3) is 4.84. The highest BCUT2D eigenvalue weighted by Gasteiger charge is 2.23. The van der Waals surface area contributed by atoms with E-state index in [0.29, 0.717) is 28.3 Å². The number of amides is 2. The molecule has 1 fully saturated rings. The molecule has 0 aliphatic heterocycles. The number of nitrogens with one attached hydrogen (secondary N) is 3. The first-order valence-corrected chi connectivity index (χ1v) is 9.67. The number of aliphatic hydroxyl groups excluding tert-OH is 1. The van der Waals surface area contributed by atoms with Gasteiger partial charge in [0.2, 0.25) is 5.95 Å². The zero-order valence-electron chi connectivity index (χ0n) is 15.7. The summed E-state index contributed by atoms with van der Waals surface area (Å²) < 4.78 is 15.4. The molecule has 1 atom stereocenters. The van der Waals surface area contributed by atoms with Crippen LogP contribution in [-0.2, 0) is 0 Å². The van der Waals surface area contributed by atoms with Crippen LogP contribution in [0.2, 0.25) is 5.02 Å². The molecule has 4 N–H and O–H groups in total. The van der Waals surface area contributed by atoms with Gasteiger partial charge in [0.25, 0.3) is 0 Å². The predicted octanol–water partition coefficient (Wildman–Crippen LogP) is 2.88. The summed E-state index contributed by atoms with van der Waals surface area (Å²) in [4.78, 5) is 20.4. The number of aliphatic hydroxyl groups is 1. The maximum Gasteiger partial charge on any atom is 0.319 e. The minimum absolute atomic E-state index is 0.0335. The Morgan fingerprint density at radius 2 is 2.20 bits per heavy atom. The first-order chi connectivity index (χ1) is 14.5. The van der Waals surface area contributed by atoms with E-state index in [-0.39, 0.29) is 12.4 Å². The zero-order valence-corrected chi connectivity index (χ0v) is 16.5. The number of carbonyl (C=O) groups excluding carboxylic acids is 1. The summed E-state index contributed by atoms with van der Waals surface area (Å²) in [6.07, 6.45) is 5.93. The van der Waals surface area contributed by atoms with Gasteiger partial charge in [-0.3, -0.25) is 0 Å². The molecule has 3 aromatic rings. The van der Waals surface area contributed by atoms with Crippen LogP contribution in [0.5, 0.6) is 0 Å². The van der Waals surface area contributed by atoms with Gasteiger partial charge in [-0.2, -0.15) is 10.1 Å². The Kier molecular flexibility index (Phi) is 5.77. The molecule has 1 saturated carbocycles. The quantitative estimate of drug-likeness (QED) is 0.457. The van der Waals surface area contributed by atoms with E-state index in [1.54, 1.807) is 24.3 Å². The number of hydrogen-bond acceptors (Lipinski definition) is 6. The van der Waals surface area contributed by atoms with Crippen molar-refractivity contribution in [1.29, 1.82) is 0 Å². The number of nitrogens with zero attached hydrogens (tertiary/aromatic N) is 4. The van der Waals surface area contributed by atoms with E-state index < -0.39 is 17.9 Å². The lowest BCUT2D eigenvalue weighted by atomic mass is 10.1. The Morgan fingerprint density at radius 1 is 1.37 bits per heavy atom. The van der Waals surface area contributed by atoms with Gasteiger partial charge in [0, 0.05) is 11.1 Å². The van der Waals surface area contributed by atoms with E-state index in [1.807, 2.05) is 0 Å². The Bertz CT molecular complexity index is 1060. The van der Waals surface area contributed by atoms with Crippen molar-refractivity contribution in [2.24, 2.45) is 0 Å². The van der Waals surface area contributed by atoms with Crippen molar-refractivity contribution < 1.29 is 14.3 Å². The summed E-state index contributed by atoms with van der Waals surface area (Å²) >= 11 is 5.96. The van der Waals surface area contributed by atoms with Gasteiger partial charge >= 0.3 is 6.03 Å². The Balaban J connectivity index is 1.43. The summed E-state index contributed by atoms with van der Waals surface area (Å²) in [6, 6.07) is 5.95. The number of halogens is 2. The maximum absolute atomic E-state index is 14.2. The molecule has 2 amide bonds. The average Bonchev–Trinajstić information content (AvgIpc) is 3.43. The van der Waals surface area contributed by atoms with Gasteiger partial charge in [0.15, 0.2) is 11.6 Å². The number of anilines is 2. The summed E-state index contributed by atoms with van der Waals surface area (Å²) in [5.74, 6) is -0.352. The lowest BCUT2D eigenvalue weighted by Gasteiger charge is -2.17. The molecule has 2 heterocycles. The van der Waals surface area contributed by atoms with Gasteiger partial charge in [-0.1, -0.05) is 23.7 Å². The van der Waals surface area contributed by atoms with Crippen LogP contribution in [0, 0.1) is 5.82 Å². The molecule has 1 aliphatic rings. The maximum atomic E-state index is 14.2. The second-order valence-electron chi connectivity index (χ2n) is 6.85. The zero-order chi connectivity index (χ0) is 21.1. The molecule has 9 nitrogen and oxygen atoms in total. The van der Waals surface area contributed by atoms with Crippen LogP contribution in [0.25, 0.3) is 5.82 Å². The van der Waals surface area contributed by atoms with Crippen molar-refractivity contribution >= 4 is 29.3 Å². The second kappa shape index (κ2) is 8.64. The van der Waals surface area contributed by atoms with E-state index in [2.05, 4.69) is 31.0 Å². The number of aromatic nitrogens is 4. The highest BCUT2D eigenvalue weighted by atomic mass is 35.5. The number of rotatable bonds is 7. The van der Waals surface area contributed by atoms with E-state index >= 15 is 0 Å². The van der Waals surface area contributed by atoms with Crippen LogP contribution in [0.3, 0.4) is 0 Å². The second-order valence-corrected chi connectivity index (χ2v) is 7.28. The van der Waals surface area contributed by atoms with Gasteiger partial charge in [0.05, 0.1) is 36.9 Å². The highest BCUT2D eigenvalue weighted by molar-refractivity contribution is 6.30. The smallest absolute Gasteiger partial charge is 0.319 e. The molecule has 11 heteroatoms. The van der Waals surface area contributed by atoms with Crippen molar-refractivity contribution in [3.8, 4) is 5.82 Å². The van der Waals surface area contributed by atoms with E-state index in [0.717, 1.165) is 19.0 Å². The van der Waals surface area contributed by atoms with Crippen molar-refractivity contribution in [2.75, 3.05) is 17.2 Å². The molecule has 30 heavy (non-hydrogen) atoms. The van der Waals surface area contributed by atoms with Crippen molar-refractivity contribution in [3.63, 3.8) is 0 Å². The van der Waals surface area contributed by atoms with E-state index in [1.165, 1.54) is 17.1 Å². The lowest BCUT2D eigenvalue weighted by molar-refractivity contribution is 0.225. The third-order valence-corrected chi connectivity index (χ3v) is 4.67. The first kappa shape index (κ1) is 20.0. The van der Waals surface area contributed by atoms with Crippen LogP contribution < -0.4 is 16.0 Å². The summed E-state index contributed by atoms with van der Waals surface area (Å²) in [7, 11) is 0. The summed E-state index contributed by atoms with van der Waals surface area (Å²) in [6.45, 7) is -0.310. The number of carbonyl (C=O) groups is 1. The standard InChI is InChI=1S/C19H19ClFN7O2/c20-12-3-1-2-11(6-12)16(10-29)26-19(30)25-14-7-23-28(9-14)17-15(21)8-22-18(27-17)24-13-4-5-13/h1-3,6-9,13,16,29H,4-5,10H2,(H,22,24,27)(H2,25,26,30). The van der Waals surface area contributed by atoms with Crippen molar-refractivity contribution in [1.82, 2.24) is 25.1 Å². The normalized spacial score (nSPS) is 14.2. The van der Waals surface area contributed by atoms with Gasteiger partial charge < -0.3 is 21.1 Å².